The van der Waals surface area contributed by atoms with Gasteiger partial charge in [-0.05, 0) is 36.7 Å². The number of nitrogens with zero attached hydrogens (tertiary/aromatic N) is 1. The molecule has 1 aliphatic heterocycles. The minimum absolute atomic E-state index is 0.156. The lowest BCUT2D eigenvalue weighted by molar-refractivity contribution is -0.135. The Kier molecular flexibility index (Phi) is 7.51. The molecule has 144 valence electrons. The third kappa shape index (κ3) is 5.82. The lowest BCUT2D eigenvalue weighted by Crippen LogP contribution is -2.49. The zero-order valence-electron chi connectivity index (χ0n) is 15.9. The van der Waals surface area contributed by atoms with E-state index in [2.05, 4.69) is 12.1 Å². The molecule has 1 heterocycles. The van der Waals surface area contributed by atoms with Crippen molar-refractivity contribution >= 4 is 5.91 Å². The summed E-state index contributed by atoms with van der Waals surface area (Å²) in [5, 5.41) is 0. The van der Waals surface area contributed by atoms with Crippen LogP contribution in [0.15, 0.2) is 30.3 Å². The van der Waals surface area contributed by atoms with Gasteiger partial charge in [-0.25, -0.2) is 0 Å². The van der Waals surface area contributed by atoms with Gasteiger partial charge in [-0.2, -0.15) is 0 Å². The number of rotatable bonds is 7. The highest BCUT2D eigenvalue weighted by molar-refractivity contribution is 5.81. The lowest BCUT2D eigenvalue weighted by Gasteiger charge is -2.35. The molecular formula is C22H34N2O2. The van der Waals surface area contributed by atoms with Crippen molar-refractivity contribution < 1.29 is 9.53 Å². The highest BCUT2D eigenvalue weighted by Gasteiger charge is 2.29. The van der Waals surface area contributed by atoms with Gasteiger partial charge in [-0.15, -0.1) is 0 Å². The van der Waals surface area contributed by atoms with Crippen LogP contribution in [0.3, 0.4) is 0 Å². The topological polar surface area (TPSA) is 55.6 Å². The number of likely N-dealkylation sites (tertiary alicyclic amines) is 1. The van der Waals surface area contributed by atoms with Crippen molar-refractivity contribution in [3.63, 3.8) is 0 Å². The number of ether oxygens (including phenoxy) is 1. The first-order chi connectivity index (χ1) is 12.7. The van der Waals surface area contributed by atoms with Gasteiger partial charge in [0.05, 0.1) is 19.3 Å². The molecule has 2 fully saturated rings. The van der Waals surface area contributed by atoms with E-state index >= 15 is 0 Å². The smallest absolute Gasteiger partial charge is 0.239 e. The SMILES string of the molecule is N[C@H](CC1CCCCC1)C(=O)N1CCCC(COCc2ccccc2)C1. The van der Waals surface area contributed by atoms with E-state index in [-0.39, 0.29) is 11.9 Å². The van der Waals surface area contributed by atoms with Gasteiger partial charge >= 0.3 is 0 Å². The molecule has 0 radical (unpaired) electrons. The fraction of sp³-hybridized carbons (Fsp3) is 0.682. The third-order valence-electron chi connectivity index (χ3n) is 5.92. The summed E-state index contributed by atoms with van der Waals surface area (Å²) in [7, 11) is 0. The summed E-state index contributed by atoms with van der Waals surface area (Å²) in [5.74, 6) is 1.24. The number of hydrogen-bond acceptors (Lipinski definition) is 3. The first kappa shape index (κ1) is 19.4. The summed E-state index contributed by atoms with van der Waals surface area (Å²) in [6, 6.07) is 9.94. The first-order valence-electron chi connectivity index (χ1n) is 10.4. The summed E-state index contributed by atoms with van der Waals surface area (Å²) in [4.78, 5) is 14.8. The van der Waals surface area contributed by atoms with Gasteiger partial charge in [0.1, 0.15) is 0 Å². The van der Waals surface area contributed by atoms with Crippen LogP contribution in [0.25, 0.3) is 0 Å². The standard InChI is InChI=1S/C22H34N2O2/c23-21(14-18-8-3-1-4-9-18)22(25)24-13-7-12-20(15-24)17-26-16-19-10-5-2-6-11-19/h2,5-6,10-11,18,20-21H,1,3-4,7-9,12-17,23H2/t20?,21-/m1/s1. The van der Waals surface area contributed by atoms with Crippen molar-refractivity contribution in [2.24, 2.45) is 17.6 Å². The zero-order valence-corrected chi connectivity index (χ0v) is 15.9. The number of carbonyl (C=O) groups is 1. The highest BCUT2D eigenvalue weighted by Crippen LogP contribution is 2.28. The van der Waals surface area contributed by atoms with Crippen LogP contribution < -0.4 is 5.73 Å². The summed E-state index contributed by atoms with van der Waals surface area (Å²) >= 11 is 0. The van der Waals surface area contributed by atoms with Gasteiger partial charge in [0.25, 0.3) is 0 Å². The molecule has 1 saturated heterocycles. The van der Waals surface area contributed by atoms with Crippen LogP contribution in [-0.2, 0) is 16.1 Å². The van der Waals surface area contributed by atoms with E-state index in [0.29, 0.717) is 18.4 Å². The predicted molar refractivity (Wildman–Crippen MR) is 105 cm³/mol. The summed E-state index contributed by atoms with van der Waals surface area (Å²) in [6.45, 7) is 3.02. The van der Waals surface area contributed by atoms with Gasteiger partial charge < -0.3 is 15.4 Å². The Balaban J connectivity index is 1.41. The van der Waals surface area contributed by atoms with Crippen LogP contribution in [0, 0.1) is 11.8 Å². The number of benzene rings is 1. The average molecular weight is 359 g/mol. The number of nitrogens with two attached hydrogens (primary N) is 1. The minimum Gasteiger partial charge on any atom is -0.376 e. The minimum atomic E-state index is -0.318. The van der Waals surface area contributed by atoms with Crippen LogP contribution >= 0.6 is 0 Å². The Labute approximate surface area is 158 Å². The Bertz CT molecular complexity index is 542. The normalized spacial score (nSPS) is 23.0. The van der Waals surface area contributed by atoms with Gasteiger partial charge in [-0.1, -0.05) is 62.4 Å². The van der Waals surface area contributed by atoms with Crippen molar-refractivity contribution in [2.45, 2.75) is 64.0 Å². The lowest BCUT2D eigenvalue weighted by atomic mass is 9.84. The largest absolute Gasteiger partial charge is 0.376 e. The second-order valence-electron chi connectivity index (χ2n) is 8.14. The van der Waals surface area contributed by atoms with Crippen LogP contribution in [0.5, 0.6) is 0 Å². The Hall–Kier alpha value is -1.39. The molecule has 0 aromatic heterocycles. The molecule has 2 aliphatic rings. The summed E-state index contributed by atoms with van der Waals surface area (Å²) in [6.07, 6.45) is 9.50. The summed E-state index contributed by atoms with van der Waals surface area (Å²) in [5.41, 5.74) is 7.48. The molecule has 1 aliphatic carbocycles. The number of piperidine rings is 1. The predicted octanol–water partition coefficient (Wildman–Crippen LogP) is 3.74. The van der Waals surface area contributed by atoms with Crippen molar-refractivity contribution in [1.29, 1.82) is 0 Å². The van der Waals surface area contributed by atoms with Gasteiger partial charge in [0, 0.05) is 13.1 Å². The van der Waals surface area contributed by atoms with Crippen molar-refractivity contribution in [3.8, 4) is 0 Å². The molecule has 1 aromatic rings. The number of hydrogen-bond donors (Lipinski definition) is 1. The molecule has 4 heteroatoms. The van der Waals surface area contributed by atoms with Gasteiger partial charge in [0.2, 0.25) is 5.91 Å². The fourth-order valence-corrected chi connectivity index (χ4v) is 4.44. The maximum Gasteiger partial charge on any atom is 0.239 e. The van der Waals surface area contributed by atoms with E-state index in [1.807, 2.05) is 23.1 Å². The van der Waals surface area contributed by atoms with E-state index < -0.39 is 0 Å². The molecule has 3 rings (SSSR count). The van der Waals surface area contributed by atoms with E-state index in [9.17, 15) is 4.79 Å². The van der Waals surface area contributed by atoms with E-state index in [4.69, 9.17) is 10.5 Å². The van der Waals surface area contributed by atoms with E-state index in [1.165, 1.54) is 37.7 Å². The maximum atomic E-state index is 12.8. The van der Waals surface area contributed by atoms with Gasteiger partial charge in [-0.3, -0.25) is 4.79 Å². The second kappa shape index (κ2) is 10.1. The molecule has 26 heavy (non-hydrogen) atoms. The zero-order chi connectivity index (χ0) is 18.2. The molecule has 1 amide bonds. The third-order valence-corrected chi connectivity index (χ3v) is 5.92. The molecule has 2 atom stereocenters. The van der Waals surface area contributed by atoms with Crippen molar-refractivity contribution in [3.05, 3.63) is 35.9 Å². The average Bonchev–Trinajstić information content (AvgIpc) is 2.69. The molecular weight excluding hydrogens is 324 g/mol. The molecule has 1 saturated carbocycles. The number of amides is 1. The number of carbonyl (C=O) groups excluding carboxylic acids is 1. The Morgan fingerprint density at radius 1 is 1.08 bits per heavy atom. The van der Waals surface area contributed by atoms with Crippen molar-refractivity contribution in [2.75, 3.05) is 19.7 Å². The van der Waals surface area contributed by atoms with Crippen LogP contribution in [-0.4, -0.2) is 36.5 Å². The molecule has 0 bridgehead atoms. The van der Waals surface area contributed by atoms with Gasteiger partial charge in [0.15, 0.2) is 0 Å². The van der Waals surface area contributed by atoms with Crippen LogP contribution in [0.1, 0.15) is 56.9 Å². The second-order valence-corrected chi connectivity index (χ2v) is 8.14. The quantitative estimate of drug-likeness (QED) is 0.808. The molecule has 0 spiro atoms. The molecule has 4 nitrogen and oxygen atoms in total. The highest BCUT2D eigenvalue weighted by atomic mass is 16.5. The maximum absolute atomic E-state index is 12.8. The van der Waals surface area contributed by atoms with Crippen molar-refractivity contribution in [1.82, 2.24) is 4.90 Å². The molecule has 1 aromatic carbocycles. The molecule has 1 unspecified atom stereocenters. The molecule has 2 N–H and O–H groups in total. The monoisotopic (exact) mass is 358 g/mol. The van der Waals surface area contributed by atoms with Crippen LogP contribution in [0.4, 0.5) is 0 Å². The first-order valence-corrected chi connectivity index (χ1v) is 10.4. The van der Waals surface area contributed by atoms with Crippen LogP contribution in [0.2, 0.25) is 0 Å². The summed E-state index contributed by atoms with van der Waals surface area (Å²) < 4.78 is 5.90. The van der Waals surface area contributed by atoms with E-state index in [0.717, 1.165) is 39.0 Å². The van der Waals surface area contributed by atoms with E-state index in [1.54, 1.807) is 0 Å². The Morgan fingerprint density at radius 2 is 1.81 bits per heavy atom. The Morgan fingerprint density at radius 3 is 2.58 bits per heavy atom. The fourth-order valence-electron chi connectivity index (χ4n) is 4.44.